The molecule has 4 rings (SSSR count). The van der Waals surface area contributed by atoms with Gasteiger partial charge in [0.2, 0.25) is 11.8 Å². The Morgan fingerprint density at radius 1 is 1.14 bits per heavy atom. The number of nitrogens with one attached hydrogen (secondary N) is 3. The highest BCUT2D eigenvalue weighted by Crippen LogP contribution is 2.36. The Bertz CT molecular complexity index is 1480. The summed E-state index contributed by atoms with van der Waals surface area (Å²) in [5.41, 5.74) is 1.46. The average molecular weight is 599 g/mol. The van der Waals surface area contributed by atoms with Gasteiger partial charge in [-0.3, -0.25) is 19.3 Å². The van der Waals surface area contributed by atoms with Crippen LogP contribution in [0, 0.1) is 11.7 Å². The smallest absolute Gasteiger partial charge is 0.319 e. The summed E-state index contributed by atoms with van der Waals surface area (Å²) in [6, 6.07) is 7.61. The van der Waals surface area contributed by atoms with Crippen molar-refractivity contribution in [3.8, 4) is 5.75 Å². The molecule has 1 heterocycles. The standard InChI is InChI=1S/C29H32ClFN6O5/c1-37(15-28(40)41-2)11-3-10-32-26(38)8-9-27(39)36-24-13-20-23(14-25(24)42-16-18-4-5-18)33-17-34-29(20)35-19-6-7-22(31)21(30)12-19/h6-9,12-14,17-18H,3-5,10-11,15-16H2,1-2H3,(H,32,38)(H,36,39)(H,33,34,35). The molecule has 1 aromatic heterocycles. The molecule has 222 valence electrons. The van der Waals surface area contributed by atoms with Crippen LogP contribution in [0.2, 0.25) is 5.02 Å². The first-order valence-electron chi connectivity index (χ1n) is 13.4. The van der Waals surface area contributed by atoms with E-state index in [9.17, 15) is 18.8 Å². The van der Waals surface area contributed by atoms with E-state index >= 15 is 0 Å². The average Bonchev–Trinajstić information content (AvgIpc) is 3.80. The number of hydrogen-bond acceptors (Lipinski definition) is 9. The van der Waals surface area contributed by atoms with Crippen LogP contribution in [0.4, 0.5) is 21.6 Å². The number of nitrogens with zero attached hydrogens (tertiary/aromatic N) is 3. The van der Waals surface area contributed by atoms with Gasteiger partial charge in [0.25, 0.3) is 0 Å². The molecule has 0 saturated heterocycles. The fourth-order valence-electron chi connectivity index (χ4n) is 3.91. The lowest BCUT2D eigenvalue weighted by molar-refractivity contribution is -0.141. The second-order valence-corrected chi connectivity index (χ2v) is 10.3. The van der Waals surface area contributed by atoms with E-state index in [1.807, 2.05) is 0 Å². The predicted octanol–water partition coefficient (Wildman–Crippen LogP) is 4.06. The lowest BCUT2D eigenvalue weighted by Crippen LogP contribution is -2.30. The summed E-state index contributed by atoms with van der Waals surface area (Å²) in [7, 11) is 3.11. The van der Waals surface area contributed by atoms with Crippen LogP contribution in [-0.2, 0) is 19.1 Å². The number of esters is 1. The number of rotatable bonds is 14. The highest BCUT2D eigenvalue weighted by atomic mass is 35.5. The number of aromatic nitrogens is 2. The molecule has 1 aliphatic rings. The number of fused-ring (bicyclic) bond motifs is 1. The molecule has 1 aliphatic carbocycles. The second kappa shape index (κ2) is 14.6. The van der Waals surface area contributed by atoms with E-state index in [2.05, 4.69) is 30.7 Å². The number of amides is 2. The summed E-state index contributed by atoms with van der Waals surface area (Å²) in [6.07, 6.45) is 6.45. The number of likely N-dealkylation sites (N-methyl/N-ethyl adjacent to an activating group) is 1. The molecule has 11 nitrogen and oxygen atoms in total. The van der Waals surface area contributed by atoms with E-state index in [1.165, 1.54) is 31.6 Å². The molecule has 0 bridgehead atoms. The molecular weight excluding hydrogens is 567 g/mol. The summed E-state index contributed by atoms with van der Waals surface area (Å²) in [6.45, 7) is 1.62. The lowest BCUT2D eigenvalue weighted by Gasteiger charge is -2.15. The van der Waals surface area contributed by atoms with Gasteiger partial charge in [-0.15, -0.1) is 0 Å². The van der Waals surface area contributed by atoms with Gasteiger partial charge in [-0.1, -0.05) is 11.6 Å². The minimum absolute atomic E-state index is 0.0381. The Kier molecular flexibility index (Phi) is 10.6. The van der Waals surface area contributed by atoms with Gasteiger partial charge in [-0.05, 0) is 56.5 Å². The number of halogens is 2. The summed E-state index contributed by atoms with van der Waals surface area (Å²) in [5.74, 6) is -0.509. The largest absolute Gasteiger partial charge is 0.491 e. The van der Waals surface area contributed by atoms with Crippen molar-refractivity contribution in [1.82, 2.24) is 20.2 Å². The number of anilines is 3. The van der Waals surface area contributed by atoms with Gasteiger partial charge in [-0.2, -0.15) is 0 Å². The third-order valence-corrected chi connectivity index (χ3v) is 6.67. The molecule has 1 fully saturated rings. The van der Waals surface area contributed by atoms with Crippen molar-refractivity contribution >= 4 is 57.5 Å². The Balaban J connectivity index is 1.42. The van der Waals surface area contributed by atoms with E-state index < -0.39 is 17.6 Å². The van der Waals surface area contributed by atoms with Crippen LogP contribution in [-0.4, -0.2) is 73.1 Å². The van der Waals surface area contributed by atoms with Crippen molar-refractivity contribution < 1.29 is 28.2 Å². The molecule has 3 N–H and O–H groups in total. The monoisotopic (exact) mass is 598 g/mol. The van der Waals surface area contributed by atoms with E-state index in [0.29, 0.717) is 65.9 Å². The molecule has 0 radical (unpaired) electrons. The third kappa shape index (κ3) is 9.11. The summed E-state index contributed by atoms with van der Waals surface area (Å²) in [4.78, 5) is 46.7. The number of hydrogen-bond donors (Lipinski definition) is 3. The predicted molar refractivity (Wildman–Crippen MR) is 157 cm³/mol. The van der Waals surface area contributed by atoms with Crippen LogP contribution >= 0.6 is 11.6 Å². The van der Waals surface area contributed by atoms with Crippen LogP contribution in [0.5, 0.6) is 5.75 Å². The molecule has 1 saturated carbocycles. The summed E-state index contributed by atoms with van der Waals surface area (Å²) < 4.78 is 24.3. The quantitative estimate of drug-likeness (QED) is 0.143. The van der Waals surface area contributed by atoms with Crippen LogP contribution in [0.15, 0.2) is 48.8 Å². The van der Waals surface area contributed by atoms with E-state index in [0.717, 1.165) is 25.0 Å². The van der Waals surface area contributed by atoms with Crippen molar-refractivity contribution in [3.63, 3.8) is 0 Å². The topological polar surface area (TPSA) is 135 Å². The number of carbonyl (C=O) groups excluding carboxylic acids is 3. The Morgan fingerprint density at radius 2 is 1.93 bits per heavy atom. The normalized spacial score (nSPS) is 12.9. The van der Waals surface area contributed by atoms with Gasteiger partial charge in [-0.25, -0.2) is 14.4 Å². The number of ether oxygens (including phenoxy) is 2. The molecule has 2 aromatic carbocycles. The third-order valence-electron chi connectivity index (χ3n) is 6.38. The van der Waals surface area contributed by atoms with Crippen LogP contribution < -0.4 is 20.7 Å². The van der Waals surface area contributed by atoms with Crippen LogP contribution in [0.25, 0.3) is 10.9 Å². The van der Waals surface area contributed by atoms with Gasteiger partial charge in [0.1, 0.15) is 23.7 Å². The van der Waals surface area contributed by atoms with Crippen molar-refractivity contribution in [1.29, 1.82) is 0 Å². The zero-order chi connectivity index (χ0) is 30.1. The maximum absolute atomic E-state index is 13.6. The maximum atomic E-state index is 13.6. The van der Waals surface area contributed by atoms with Crippen LogP contribution in [0.3, 0.4) is 0 Å². The van der Waals surface area contributed by atoms with Crippen molar-refractivity contribution in [3.05, 3.63) is 59.7 Å². The molecule has 0 spiro atoms. The first-order chi connectivity index (χ1) is 20.2. The first kappa shape index (κ1) is 30.7. The summed E-state index contributed by atoms with van der Waals surface area (Å²) >= 11 is 5.92. The zero-order valence-electron chi connectivity index (χ0n) is 23.3. The van der Waals surface area contributed by atoms with Crippen molar-refractivity contribution in [2.45, 2.75) is 19.3 Å². The fourth-order valence-corrected chi connectivity index (χ4v) is 4.09. The van der Waals surface area contributed by atoms with Gasteiger partial charge >= 0.3 is 5.97 Å². The minimum Gasteiger partial charge on any atom is -0.491 e. The van der Waals surface area contributed by atoms with Crippen LogP contribution in [0.1, 0.15) is 19.3 Å². The molecule has 0 unspecified atom stereocenters. The molecule has 3 aromatic rings. The highest BCUT2D eigenvalue weighted by Gasteiger charge is 2.23. The second-order valence-electron chi connectivity index (χ2n) is 9.88. The minimum atomic E-state index is -0.540. The van der Waals surface area contributed by atoms with E-state index in [-0.39, 0.29) is 17.5 Å². The molecule has 42 heavy (non-hydrogen) atoms. The number of carbonyl (C=O) groups is 3. The van der Waals surface area contributed by atoms with Gasteiger partial charge < -0.3 is 25.4 Å². The Morgan fingerprint density at radius 3 is 2.67 bits per heavy atom. The number of benzene rings is 2. The highest BCUT2D eigenvalue weighted by molar-refractivity contribution is 6.31. The zero-order valence-corrected chi connectivity index (χ0v) is 24.0. The van der Waals surface area contributed by atoms with Crippen molar-refractivity contribution in [2.75, 3.05) is 51.0 Å². The fraction of sp³-hybridized carbons (Fsp3) is 0.345. The molecule has 0 aliphatic heterocycles. The molecule has 2 amide bonds. The van der Waals surface area contributed by atoms with Gasteiger partial charge in [0.05, 0.1) is 36.5 Å². The van der Waals surface area contributed by atoms with Crippen molar-refractivity contribution in [2.24, 2.45) is 5.92 Å². The van der Waals surface area contributed by atoms with E-state index in [1.54, 1.807) is 24.1 Å². The molecular formula is C29H32ClFN6O5. The lowest BCUT2D eigenvalue weighted by atomic mass is 10.1. The maximum Gasteiger partial charge on any atom is 0.319 e. The van der Waals surface area contributed by atoms with Gasteiger partial charge in [0, 0.05) is 42.4 Å². The van der Waals surface area contributed by atoms with Gasteiger partial charge in [0.15, 0.2) is 0 Å². The Hall–Kier alpha value is -4.29. The summed E-state index contributed by atoms with van der Waals surface area (Å²) in [5, 5.41) is 9.13. The molecule has 0 atom stereocenters. The Labute approximate surface area is 247 Å². The first-order valence-corrected chi connectivity index (χ1v) is 13.8. The van der Waals surface area contributed by atoms with E-state index in [4.69, 9.17) is 16.3 Å². The number of methoxy groups -OCH3 is 1. The SMILES string of the molecule is COC(=O)CN(C)CCCNC(=O)C=CC(=O)Nc1cc2c(Nc3ccc(F)c(Cl)c3)ncnc2cc1OCC1CC1. The molecule has 13 heteroatoms.